The fraction of sp³-hybridized carbons (Fsp3) is 0.533. The highest BCUT2D eigenvalue weighted by atomic mass is 79.9. The van der Waals surface area contributed by atoms with Crippen molar-refractivity contribution in [2.45, 2.75) is 25.0 Å². The Morgan fingerprint density at radius 1 is 1.36 bits per heavy atom. The zero-order valence-corrected chi connectivity index (χ0v) is 17.6. The number of rotatable bonds is 10. The quantitative estimate of drug-likeness (QED) is 0.391. The van der Waals surface area contributed by atoms with Gasteiger partial charge in [-0.15, -0.1) is 5.10 Å². The Labute approximate surface area is 166 Å². The van der Waals surface area contributed by atoms with Crippen molar-refractivity contribution in [2.24, 2.45) is 7.05 Å². The van der Waals surface area contributed by atoms with Crippen LogP contribution in [0.1, 0.15) is 18.9 Å². The standard InChI is InChI=1S/C15H22BrN5O2S.ClH/c1-4-23-14-12(16)8-11(9-13(14)22-3)10-17-6-5-7-24-15-18-19-20-21(15)2;/h8-9,17H,4-7,10H2,1-3H3;1H/p-1. The Kier molecular flexibility index (Phi) is 10.2. The van der Waals surface area contributed by atoms with Gasteiger partial charge in [0.05, 0.1) is 18.2 Å². The SMILES string of the molecule is CCOc1c(Br)cc(CNCCCSc2nnnn2C)cc1OC.[Cl-]. The van der Waals surface area contributed by atoms with E-state index in [9.17, 15) is 0 Å². The van der Waals surface area contributed by atoms with E-state index in [1.54, 1.807) is 23.6 Å². The van der Waals surface area contributed by atoms with Crippen LogP contribution in [0.5, 0.6) is 11.5 Å². The molecule has 0 saturated heterocycles. The zero-order chi connectivity index (χ0) is 17.4. The van der Waals surface area contributed by atoms with Crippen LogP contribution in [-0.2, 0) is 13.6 Å². The molecule has 1 heterocycles. The van der Waals surface area contributed by atoms with E-state index in [0.29, 0.717) is 6.61 Å². The smallest absolute Gasteiger partial charge is 0.209 e. The first-order valence-corrected chi connectivity index (χ1v) is 9.48. The Balaban J connectivity index is 0.00000312. The van der Waals surface area contributed by atoms with Crippen LogP contribution < -0.4 is 27.2 Å². The van der Waals surface area contributed by atoms with Gasteiger partial charge in [-0.2, -0.15) is 0 Å². The minimum atomic E-state index is 0. The number of benzene rings is 1. The van der Waals surface area contributed by atoms with Gasteiger partial charge in [-0.3, -0.25) is 0 Å². The highest BCUT2D eigenvalue weighted by Gasteiger charge is 2.11. The fourth-order valence-corrected chi connectivity index (χ4v) is 3.49. The maximum atomic E-state index is 5.60. The molecule has 0 amide bonds. The van der Waals surface area contributed by atoms with Gasteiger partial charge in [0.1, 0.15) is 0 Å². The lowest BCUT2D eigenvalue weighted by Gasteiger charge is -2.13. The van der Waals surface area contributed by atoms with Gasteiger partial charge in [0, 0.05) is 19.3 Å². The van der Waals surface area contributed by atoms with Crippen LogP contribution in [0.25, 0.3) is 0 Å². The fourth-order valence-electron chi connectivity index (χ4n) is 2.10. The molecule has 7 nitrogen and oxygen atoms in total. The summed E-state index contributed by atoms with van der Waals surface area (Å²) < 4.78 is 13.6. The number of nitrogens with one attached hydrogen (secondary N) is 1. The lowest BCUT2D eigenvalue weighted by Crippen LogP contribution is -3.00. The summed E-state index contributed by atoms with van der Waals surface area (Å²) in [6.45, 7) is 4.25. The summed E-state index contributed by atoms with van der Waals surface area (Å²) in [4.78, 5) is 0. The van der Waals surface area contributed by atoms with Gasteiger partial charge in [-0.25, -0.2) is 4.68 Å². The van der Waals surface area contributed by atoms with Gasteiger partial charge >= 0.3 is 0 Å². The Morgan fingerprint density at radius 3 is 2.80 bits per heavy atom. The summed E-state index contributed by atoms with van der Waals surface area (Å²) in [5.41, 5.74) is 1.15. The van der Waals surface area contributed by atoms with Crippen molar-refractivity contribution < 1.29 is 21.9 Å². The third kappa shape index (κ3) is 6.65. The van der Waals surface area contributed by atoms with Gasteiger partial charge in [-0.05, 0) is 63.9 Å². The molecule has 0 atom stereocenters. The molecule has 1 aromatic carbocycles. The normalized spacial score (nSPS) is 10.4. The van der Waals surface area contributed by atoms with Crippen molar-refractivity contribution in [3.63, 3.8) is 0 Å². The number of hydrogen-bond donors (Lipinski definition) is 1. The van der Waals surface area contributed by atoms with E-state index in [0.717, 1.165) is 52.0 Å². The molecule has 0 aliphatic heterocycles. The molecule has 0 aliphatic rings. The highest BCUT2D eigenvalue weighted by molar-refractivity contribution is 9.10. The van der Waals surface area contributed by atoms with Crippen molar-refractivity contribution in [1.82, 2.24) is 25.5 Å². The molecule has 0 spiro atoms. The Hall–Kier alpha value is -1.03. The molecule has 0 radical (unpaired) electrons. The van der Waals surface area contributed by atoms with E-state index < -0.39 is 0 Å². The number of aromatic nitrogens is 4. The van der Waals surface area contributed by atoms with E-state index in [1.165, 1.54) is 0 Å². The van der Waals surface area contributed by atoms with E-state index in [2.05, 4.69) is 42.8 Å². The molecule has 0 aliphatic carbocycles. The predicted octanol–water partition coefficient (Wildman–Crippen LogP) is -0.344. The summed E-state index contributed by atoms with van der Waals surface area (Å²) in [5.74, 6) is 2.46. The average molecular weight is 452 g/mol. The summed E-state index contributed by atoms with van der Waals surface area (Å²) >= 11 is 5.20. The third-order valence-corrected chi connectivity index (χ3v) is 4.90. The number of halogens is 2. The molecule has 10 heteroatoms. The van der Waals surface area contributed by atoms with Gasteiger partial charge in [0.25, 0.3) is 0 Å². The van der Waals surface area contributed by atoms with Crippen LogP contribution in [0, 0.1) is 0 Å². The van der Waals surface area contributed by atoms with E-state index in [-0.39, 0.29) is 12.4 Å². The number of tetrazole rings is 1. The van der Waals surface area contributed by atoms with Gasteiger partial charge < -0.3 is 27.2 Å². The maximum Gasteiger partial charge on any atom is 0.209 e. The van der Waals surface area contributed by atoms with Crippen LogP contribution in [0.2, 0.25) is 0 Å². The monoisotopic (exact) mass is 450 g/mol. The van der Waals surface area contributed by atoms with Crippen LogP contribution in [0.4, 0.5) is 0 Å². The van der Waals surface area contributed by atoms with E-state index in [4.69, 9.17) is 9.47 Å². The molecule has 1 N–H and O–H groups in total. The third-order valence-electron chi connectivity index (χ3n) is 3.22. The first-order chi connectivity index (χ1) is 11.7. The van der Waals surface area contributed by atoms with Crippen molar-refractivity contribution in [3.05, 3.63) is 22.2 Å². The van der Waals surface area contributed by atoms with Gasteiger partial charge in [0.2, 0.25) is 5.16 Å². The first kappa shape index (κ1) is 22.0. The summed E-state index contributed by atoms with van der Waals surface area (Å²) in [6.07, 6.45) is 1.03. The zero-order valence-electron chi connectivity index (χ0n) is 14.5. The Bertz CT molecular complexity index is 659. The molecule has 2 aromatic rings. The van der Waals surface area contributed by atoms with Crippen molar-refractivity contribution in [2.75, 3.05) is 26.0 Å². The Morgan fingerprint density at radius 2 is 2.16 bits per heavy atom. The molecule has 25 heavy (non-hydrogen) atoms. The minimum Gasteiger partial charge on any atom is -1.00 e. The second-order valence-electron chi connectivity index (χ2n) is 5.01. The van der Waals surface area contributed by atoms with Crippen LogP contribution in [-0.4, -0.2) is 46.2 Å². The number of aryl methyl sites for hydroxylation is 1. The average Bonchev–Trinajstić information content (AvgIpc) is 2.98. The van der Waals surface area contributed by atoms with Crippen LogP contribution >= 0.6 is 27.7 Å². The van der Waals surface area contributed by atoms with Crippen molar-refractivity contribution in [3.8, 4) is 11.5 Å². The molecule has 2 rings (SSSR count). The number of hydrogen-bond acceptors (Lipinski definition) is 7. The first-order valence-electron chi connectivity index (χ1n) is 7.70. The second-order valence-corrected chi connectivity index (χ2v) is 6.92. The topological polar surface area (TPSA) is 74.1 Å². The molecule has 0 fully saturated rings. The summed E-state index contributed by atoms with van der Waals surface area (Å²) in [5, 5.41) is 15.7. The molecule has 1 aromatic heterocycles. The molecule has 0 saturated carbocycles. The van der Waals surface area contributed by atoms with Crippen LogP contribution in [0.3, 0.4) is 0 Å². The summed E-state index contributed by atoms with van der Waals surface area (Å²) in [6, 6.07) is 4.06. The number of methoxy groups -OCH3 is 1. The highest BCUT2D eigenvalue weighted by Crippen LogP contribution is 2.36. The number of nitrogens with zero attached hydrogens (tertiary/aromatic N) is 4. The van der Waals surface area contributed by atoms with E-state index in [1.807, 2.05) is 20.0 Å². The summed E-state index contributed by atoms with van der Waals surface area (Å²) in [7, 11) is 3.50. The van der Waals surface area contributed by atoms with Gasteiger partial charge in [0.15, 0.2) is 11.5 Å². The predicted molar refractivity (Wildman–Crippen MR) is 97.7 cm³/mol. The van der Waals surface area contributed by atoms with Crippen LogP contribution in [0.15, 0.2) is 21.8 Å². The molecular formula is C15H22BrClN5O2S-. The lowest BCUT2D eigenvalue weighted by molar-refractivity contribution is -0.00000583. The largest absolute Gasteiger partial charge is 1.00 e. The molecule has 0 bridgehead atoms. The number of ether oxygens (including phenoxy) is 2. The molecule has 0 unspecified atom stereocenters. The lowest BCUT2D eigenvalue weighted by atomic mass is 10.2. The van der Waals surface area contributed by atoms with Gasteiger partial charge in [-0.1, -0.05) is 11.8 Å². The van der Waals surface area contributed by atoms with Crippen molar-refractivity contribution in [1.29, 1.82) is 0 Å². The number of thioether (sulfide) groups is 1. The molecule has 140 valence electrons. The molecular weight excluding hydrogens is 430 g/mol. The van der Waals surface area contributed by atoms with Crippen molar-refractivity contribution >= 4 is 27.7 Å². The second kappa shape index (κ2) is 11.6. The van der Waals surface area contributed by atoms with E-state index >= 15 is 0 Å². The maximum absolute atomic E-state index is 5.60. The minimum absolute atomic E-state index is 0.